The number of nitrogens with zero attached hydrogens (tertiary/aromatic N) is 1. The lowest BCUT2D eigenvalue weighted by molar-refractivity contribution is -0.150. The van der Waals surface area contributed by atoms with Gasteiger partial charge in [-0.05, 0) is 6.92 Å². The average molecular weight is 198 g/mol. The number of likely N-dealkylation sites (tertiary alicyclic amines) is 1. The molecule has 2 aliphatic rings. The molecule has 1 heterocycles. The van der Waals surface area contributed by atoms with Gasteiger partial charge < -0.3 is 10.8 Å². The number of carbonyl (C=O) groups excluding carboxylic acids is 2. The zero-order valence-corrected chi connectivity index (χ0v) is 7.51. The molecule has 1 aliphatic heterocycles. The number of aliphatic carboxylic acids is 1. The number of hydrogen-bond donors (Lipinski definition) is 2. The third kappa shape index (κ3) is 0.913. The maximum Gasteiger partial charge on any atom is 0.308 e. The Morgan fingerprint density at radius 3 is 2.14 bits per heavy atom. The number of carbonyl (C=O) groups is 3. The van der Waals surface area contributed by atoms with Crippen LogP contribution in [0.5, 0.6) is 0 Å². The average Bonchev–Trinajstić information content (AvgIpc) is 2.71. The van der Waals surface area contributed by atoms with E-state index in [0.29, 0.717) is 0 Å². The van der Waals surface area contributed by atoms with E-state index in [0.717, 1.165) is 4.90 Å². The minimum atomic E-state index is -1.08. The van der Waals surface area contributed by atoms with Gasteiger partial charge in [-0.1, -0.05) is 0 Å². The zero-order valence-electron chi connectivity index (χ0n) is 7.51. The van der Waals surface area contributed by atoms with Crippen molar-refractivity contribution in [3.05, 3.63) is 0 Å². The molecule has 2 amide bonds. The van der Waals surface area contributed by atoms with Crippen LogP contribution in [-0.2, 0) is 14.4 Å². The number of imide groups is 1. The molecule has 1 saturated heterocycles. The number of carboxylic acid groups (broad SMARTS) is 1. The van der Waals surface area contributed by atoms with Crippen molar-refractivity contribution in [3.8, 4) is 0 Å². The molecule has 0 bridgehead atoms. The van der Waals surface area contributed by atoms with Crippen LogP contribution in [0.3, 0.4) is 0 Å². The highest BCUT2D eigenvalue weighted by Crippen LogP contribution is 2.53. The topological polar surface area (TPSA) is 101 Å². The first-order chi connectivity index (χ1) is 6.46. The predicted molar refractivity (Wildman–Crippen MR) is 43.6 cm³/mol. The predicted octanol–water partition coefficient (Wildman–Crippen LogP) is -1.39. The largest absolute Gasteiger partial charge is 0.481 e. The van der Waals surface area contributed by atoms with Gasteiger partial charge in [-0.3, -0.25) is 19.3 Å². The van der Waals surface area contributed by atoms with Gasteiger partial charge in [0.2, 0.25) is 11.8 Å². The number of piperidine rings is 1. The summed E-state index contributed by atoms with van der Waals surface area (Å²) in [4.78, 5) is 34.5. The zero-order chi connectivity index (χ0) is 10.6. The molecule has 0 aromatic rings. The molecule has 6 nitrogen and oxygen atoms in total. The van der Waals surface area contributed by atoms with Crippen molar-refractivity contribution in [1.82, 2.24) is 4.90 Å². The van der Waals surface area contributed by atoms with E-state index in [9.17, 15) is 14.4 Å². The van der Waals surface area contributed by atoms with E-state index in [1.54, 1.807) is 0 Å². The standard InChI is InChI=1S/C8H10N2O4/c1-2(9)10-6(11)3-4(7(10)12)5(3)8(13)14/h2-5H,9H2,1H3,(H,13,14). The molecule has 3 unspecified atom stereocenters. The molecule has 14 heavy (non-hydrogen) atoms. The fraction of sp³-hybridized carbons (Fsp3) is 0.625. The molecular weight excluding hydrogens is 188 g/mol. The number of fused-ring (bicyclic) bond motifs is 1. The lowest BCUT2D eigenvalue weighted by Crippen LogP contribution is -2.46. The second-order valence-electron chi connectivity index (χ2n) is 3.70. The van der Waals surface area contributed by atoms with E-state index in [4.69, 9.17) is 10.8 Å². The smallest absolute Gasteiger partial charge is 0.308 e. The van der Waals surface area contributed by atoms with Crippen LogP contribution in [0.1, 0.15) is 6.92 Å². The number of hydrogen-bond acceptors (Lipinski definition) is 4. The minimum Gasteiger partial charge on any atom is -0.481 e. The van der Waals surface area contributed by atoms with Crippen LogP contribution in [0, 0.1) is 17.8 Å². The summed E-state index contributed by atoms with van der Waals surface area (Å²) in [6.45, 7) is 1.52. The van der Waals surface area contributed by atoms with Crippen LogP contribution in [-0.4, -0.2) is 34.0 Å². The molecule has 3 atom stereocenters. The quantitative estimate of drug-likeness (QED) is 0.532. The van der Waals surface area contributed by atoms with Crippen molar-refractivity contribution in [2.24, 2.45) is 23.5 Å². The lowest BCUT2D eigenvalue weighted by atomic mass is 10.2. The van der Waals surface area contributed by atoms with Crippen molar-refractivity contribution in [1.29, 1.82) is 0 Å². The van der Waals surface area contributed by atoms with Crippen LogP contribution in [0.15, 0.2) is 0 Å². The van der Waals surface area contributed by atoms with Gasteiger partial charge in [0, 0.05) is 0 Å². The monoisotopic (exact) mass is 198 g/mol. The number of rotatable bonds is 2. The summed E-state index contributed by atoms with van der Waals surface area (Å²) in [5.74, 6) is -4.10. The summed E-state index contributed by atoms with van der Waals surface area (Å²) in [6, 6.07) is 0. The highest BCUT2D eigenvalue weighted by Gasteiger charge is 2.70. The summed E-state index contributed by atoms with van der Waals surface area (Å²) < 4.78 is 0. The fourth-order valence-corrected chi connectivity index (χ4v) is 2.06. The van der Waals surface area contributed by atoms with Crippen molar-refractivity contribution in [3.63, 3.8) is 0 Å². The number of nitrogens with two attached hydrogens (primary N) is 1. The number of amides is 2. The summed E-state index contributed by atoms with van der Waals surface area (Å²) in [5.41, 5.74) is 5.42. The van der Waals surface area contributed by atoms with Gasteiger partial charge in [-0.25, -0.2) is 0 Å². The van der Waals surface area contributed by atoms with Crippen molar-refractivity contribution in [2.45, 2.75) is 13.1 Å². The highest BCUT2D eigenvalue weighted by atomic mass is 16.4. The van der Waals surface area contributed by atoms with Gasteiger partial charge in [0.05, 0.1) is 23.9 Å². The lowest BCUT2D eigenvalue weighted by Gasteiger charge is -2.21. The molecule has 76 valence electrons. The van der Waals surface area contributed by atoms with E-state index < -0.39 is 41.7 Å². The van der Waals surface area contributed by atoms with Gasteiger partial charge in [0.25, 0.3) is 0 Å². The Kier molecular flexibility index (Phi) is 1.66. The Morgan fingerprint density at radius 2 is 1.86 bits per heavy atom. The fourth-order valence-electron chi connectivity index (χ4n) is 2.06. The molecule has 2 rings (SSSR count). The van der Waals surface area contributed by atoms with Crippen LogP contribution in [0.2, 0.25) is 0 Å². The highest BCUT2D eigenvalue weighted by molar-refractivity contribution is 6.13. The Hall–Kier alpha value is -1.43. The maximum atomic E-state index is 11.5. The summed E-state index contributed by atoms with van der Waals surface area (Å²) in [6.07, 6.45) is -0.669. The van der Waals surface area contributed by atoms with Gasteiger partial charge in [0.15, 0.2) is 0 Å². The maximum absolute atomic E-state index is 11.5. The molecule has 2 fully saturated rings. The molecule has 1 saturated carbocycles. The molecule has 3 N–H and O–H groups in total. The van der Waals surface area contributed by atoms with Crippen LogP contribution in [0.25, 0.3) is 0 Å². The van der Waals surface area contributed by atoms with Gasteiger partial charge in [-0.2, -0.15) is 0 Å². The van der Waals surface area contributed by atoms with Crippen LogP contribution in [0.4, 0.5) is 0 Å². The Morgan fingerprint density at radius 1 is 1.43 bits per heavy atom. The molecule has 1 aliphatic carbocycles. The third-order valence-electron chi connectivity index (χ3n) is 2.76. The molecule has 0 spiro atoms. The van der Waals surface area contributed by atoms with E-state index in [1.807, 2.05) is 0 Å². The summed E-state index contributed by atoms with van der Waals surface area (Å²) in [5, 5.41) is 8.67. The number of carboxylic acids is 1. The molecule has 0 aromatic carbocycles. The first-order valence-electron chi connectivity index (χ1n) is 4.32. The van der Waals surface area contributed by atoms with Crippen LogP contribution >= 0.6 is 0 Å². The summed E-state index contributed by atoms with van der Waals surface area (Å²) in [7, 11) is 0. The van der Waals surface area contributed by atoms with Crippen molar-refractivity contribution >= 4 is 17.8 Å². The Balaban J connectivity index is 2.21. The van der Waals surface area contributed by atoms with Gasteiger partial charge in [0.1, 0.15) is 0 Å². The van der Waals surface area contributed by atoms with E-state index >= 15 is 0 Å². The Labute approximate surface area is 79.7 Å². The van der Waals surface area contributed by atoms with E-state index in [2.05, 4.69) is 0 Å². The molecular formula is C8H10N2O4. The summed E-state index contributed by atoms with van der Waals surface area (Å²) >= 11 is 0. The third-order valence-corrected chi connectivity index (χ3v) is 2.76. The van der Waals surface area contributed by atoms with E-state index in [1.165, 1.54) is 6.92 Å². The minimum absolute atomic E-state index is 0.442. The second-order valence-corrected chi connectivity index (χ2v) is 3.70. The molecule has 0 radical (unpaired) electrons. The normalized spacial score (nSPS) is 37.0. The van der Waals surface area contributed by atoms with Crippen molar-refractivity contribution in [2.75, 3.05) is 0 Å². The first-order valence-corrected chi connectivity index (χ1v) is 4.32. The molecule has 6 heteroatoms. The SMILES string of the molecule is CC(N)N1C(=O)C2C(C(=O)O)C2C1=O. The van der Waals surface area contributed by atoms with Crippen LogP contribution < -0.4 is 5.73 Å². The first kappa shape index (κ1) is 9.14. The van der Waals surface area contributed by atoms with E-state index in [-0.39, 0.29) is 0 Å². The molecule has 0 aromatic heterocycles. The van der Waals surface area contributed by atoms with Crippen molar-refractivity contribution < 1.29 is 19.5 Å². The van der Waals surface area contributed by atoms with Gasteiger partial charge in [-0.15, -0.1) is 0 Å². The second kappa shape index (κ2) is 2.54. The van der Waals surface area contributed by atoms with Gasteiger partial charge >= 0.3 is 5.97 Å². The Bertz CT molecular complexity index is 316.